The van der Waals surface area contributed by atoms with Gasteiger partial charge in [0.15, 0.2) is 11.4 Å². The van der Waals surface area contributed by atoms with E-state index in [1.54, 1.807) is 12.1 Å². The minimum Gasteiger partial charge on any atom is -0.461 e. The first-order chi connectivity index (χ1) is 9.70. The van der Waals surface area contributed by atoms with Crippen molar-refractivity contribution in [3.63, 3.8) is 0 Å². The molecule has 2 heterocycles. The molecule has 1 aliphatic heterocycles. The Balaban J connectivity index is 1.86. The van der Waals surface area contributed by atoms with E-state index in [1.807, 2.05) is 11.9 Å². The number of carbonyl (C=O) groups excluding carboxylic acids is 1. The minimum atomic E-state index is -0.435. The summed E-state index contributed by atoms with van der Waals surface area (Å²) in [5.74, 6) is -0.485. The molecule has 5 heteroatoms. The molecule has 0 unspecified atom stereocenters. The molecular formula is C15H17FN2O2. The molecule has 0 bridgehead atoms. The smallest absolute Gasteiger partial charge is 0.254 e. The second kappa shape index (κ2) is 5.25. The Morgan fingerprint density at radius 2 is 2.10 bits per heavy atom. The van der Waals surface area contributed by atoms with Crippen LogP contribution in [0.3, 0.4) is 0 Å². The largest absolute Gasteiger partial charge is 0.461 e. The zero-order chi connectivity index (χ0) is 14.1. The predicted molar refractivity (Wildman–Crippen MR) is 74.2 cm³/mol. The van der Waals surface area contributed by atoms with E-state index in [2.05, 4.69) is 5.32 Å². The lowest BCUT2D eigenvalue weighted by Gasteiger charge is -2.32. The quantitative estimate of drug-likeness (QED) is 0.916. The van der Waals surface area contributed by atoms with Gasteiger partial charge in [-0.1, -0.05) is 0 Å². The second-order valence-corrected chi connectivity index (χ2v) is 5.11. The molecule has 0 atom stereocenters. The molecule has 1 fully saturated rings. The fourth-order valence-electron chi connectivity index (χ4n) is 2.76. The number of rotatable bonds is 2. The van der Waals surface area contributed by atoms with Crippen LogP contribution in [-0.4, -0.2) is 37.0 Å². The number of hydrogen-bond acceptors (Lipinski definition) is 3. The Bertz CT molecular complexity index is 630. The number of hydrogen-bond donors (Lipinski definition) is 1. The van der Waals surface area contributed by atoms with E-state index >= 15 is 0 Å². The van der Waals surface area contributed by atoms with Crippen LogP contribution in [-0.2, 0) is 0 Å². The lowest BCUT2D eigenvalue weighted by Crippen LogP contribution is -2.44. The summed E-state index contributed by atoms with van der Waals surface area (Å²) in [6.07, 6.45) is 3.30. The number of furan rings is 1. The Hall–Kier alpha value is -1.88. The standard InChI is InChI=1S/C15H17FN2O2/c1-17-10-4-7-18(8-5-10)15(19)12-2-3-13(16)14-11(12)6-9-20-14/h2-3,6,9-10,17H,4-5,7-8H2,1H3. The molecule has 1 aromatic heterocycles. The number of carbonyl (C=O) groups is 1. The molecule has 106 valence electrons. The molecule has 1 saturated heterocycles. The van der Waals surface area contributed by atoms with Gasteiger partial charge in [-0.2, -0.15) is 0 Å². The highest BCUT2D eigenvalue weighted by Crippen LogP contribution is 2.25. The Morgan fingerprint density at radius 1 is 1.35 bits per heavy atom. The van der Waals surface area contributed by atoms with E-state index in [4.69, 9.17) is 4.42 Å². The molecule has 4 nitrogen and oxygen atoms in total. The maximum Gasteiger partial charge on any atom is 0.254 e. The third-order valence-electron chi connectivity index (χ3n) is 3.99. The zero-order valence-corrected chi connectivity index (χ0v) is 11.4. The summed E-state index contributed by atoms with van der Waals surface area (Å²) in [5, 5.41) is 3.78. The van der Waals surface area contributed by atoms with Crippen molar-refractivity contribution < 1.29 is 13.6 Å². The number of likely N-dealkylation sites (tertiary alicyclic amines) is 1. The Kier molecular flexibility index (Phi) is 3.44. The zero-order valence-electron chi connectivity index (χ0n) is 11.4. The van der Waals surface area contributed by atoms with Crippen LogP contribution >= 0.6 is 0 Å². The van der Waals surface area contributed by atoms with Gasteiger partial charge >= 0.3 is 0 Å². The molecule has 1 N–H and O–H groups in total. The van der Waals surface area contributed by atoms with Crippen molar-refractivity contribution in [2.45, 2.75) is 18.9 Å². The van der Waals surface area contributed by atoms with Crippen molar-refractivity contribution in [3.05, 3.63) is 35.8 Å². The van der Waals surface area contributed by atoms with Crippen molar-refractivity contribution in [2.24, 2.45) is 0 Å². The van der Waals surface area contributed by atoms with Crippen LogP contribution < -0.4 is 5.32 Å². The van der Waals surface area contributed by atoms with Crippen LogP contribution in [0.5, 0.6) is 0 Å². The molecule has 0 saturated carbocycles. The van der Waals surface area contributed by atoms with Crippen LogP contribution in [0.1, 0.15) is 23.2 Å². The summed E-state index contributed by atoms with van der Waals surface area (Å²) in [7, 11) is 1.94. The highest BCUT2D eigenvalue weighted by molar-refractivity contribution is 6.06. The number of nitrogens with zero attached hydrogens (tertiary/aromatic N) is 1. The number of fused-ring (bicyclic) bond motifs is 1. The number of halogens is 1. The summed E-state index contributed by atoms with van der Waals surface area (Å²) in [6, 6.07) is 4.95. The number of benzene rings is 1. The fourth-order valence-corrected chi connectivity index (χ4v) is 2.76. The Labute approximate surface area is 116 Å². The molecule has 0 radical (unpaired) electrons. The topological polar surface area (TPSA) is 45.5 Å². The molecule has 2 aromatic rings. The second-order valence-electron chi connectivity index (χ2n) is 5.11. The van der Waals surface area contributed by atoms with Gasteiger partial charge in [-0.05, 0) is 38.1 Å². The molecule has 1 amide bonds. The summed E-state index contributed by atoms with van der Waals surface area (Å²) in [4.78, 5) is 14.4. The first-order valence-corrected chi connectivity index (χ1v) is 6.83. The molecular weight excluding hydrogens is 259 g/mol. The monoisotopic (exact) mass is 276 g/mol. The first-order valence-electron chi connectivity index (χ1n) is 6.83. The average molecular weight is 276 g/mol. The van der Waals surface area contributed by atoms with Crippen LogP contribution in [0.25, 0.3) is 11.0 Å². The third-order valence-corrected chi connectivity index (χ3v) is 3.99. The van der Waals surface area contributed by atoms with Crippen molar-refractivity contribution in [1.29, 1.82) is 0 Å². The molecule has 1 aliphatic rings. The van der Waals surface area contributed by atoms with Gasteiger partial charge in [0, 0.05) is 24.5 Å². The normalized spacial score (nSPS) is 16.8. The number of nitrogens with one attached hydrogen (secondary N) is 1. The SMILES string of the molecule is CNC1CCN(C(=O)c2ccc(F)c3occc23)CC1. The molecule has 1 aromatic carbocycles. The van der Waals surface area contributed by atoms with Crippen molar-refractivity contribution in [3.8, 4) is 0 Å². The minimum absolute atomic E-state index is 0.0500. The van der Waals surface area contributed by atoms with E-state index in [0.717, 1.165) is 25.9 Å². The molecule has 20 heavy (non-hydrogen) atoms. The summed E-state index contributed by atoms with van der Waals surface area (Å²) in [5.41, 5.74) is 0.666. The van der Waals surface area contributed by atoms with Gasteiger partial charge in [0.05, 0.1) is 11.8 Å². The number of piperidine rings is 1. The van der Waals surface area contributed by atoms with E-state index in [-0.39, 0.29) is 11.5 Å². The van der Waals surface area contributed by atoms with E-state index in [0.29, 0.717) is 17.0 Å². The average Bonchev–Trinajstić information content (AvgIpc) is 2.97. The van der Waals surface area contributed by atoms with Gasteiger partial charge in [-0.25, -0.2) is 4.39 Å². The third kappa shape index (κ3) is 2.18. The maximum absolute atomic E-state index is 13.6. The predicted octanol–water partition coefficient (Wildman–Crippen LogP) is 2.40. The lowest BCUT2D eigenvalue weighted by atomic mass is 10.0. The van der Waals surface area contributed by atoms with Gasteiger partial charge < -0.3 is 14.6 Å². The summed E-state index contributed by atoms with van der Waals surface area (Å²) in [6.45, 7) is 1.45. The number of amides is 1. The van der Waals surface area contributed by atoms with Crippen molar-refractivity contribution in [1.82, 2.24) is 10.2 Å². The van der Waals surface area contributed by atoms with E-state index < -0.39 is 5.82 Å². The summed E-state index contributed by atoms with van der Waals surface area (Å²) >= 11 is 0. The lowest BCUT2D eigenvalue weighted by molar-refractivity contribution is 0.0709. The highest BCUT2D eigenvalue weighted by atomic mass is 19.1. The van der Waals surface area contributed by atoms with E-state index in [9.17, 15) is 9.18 Å². The van der Waals surface area contributed by atoms with Gasteiger partial charge in [0.2, 0.25) is 0 Å². The van der Waals surface area contributed by atoms with Gasteiger partial charge in [-0.15, -0.1) is 0 Å². The van der Waals surface area contributed by atoms with Crippen LogP contribution in [0.15, 0.2) is 28.9 Å². The molecule has 3 rings (SSSR count). The van der Waals surface area contributed by atoms with Gasteiger partial charge in [0.25, 0.3) is 5.91 Å². The molecule has 0 spiro atoms. The van der Waals surface area contributed by atoms with Crippen LogP contribution in [0.2, 0.25) is 0 Å². The van der Waals surface area contributed by atoms with Crippen molar-refractivity contribution in [2.75, 3.05) is 20.1 Å². The first kappa shape index (κ1) is 13.1. The van der Waals surface area contributed by atoms with Crippen LogP contribution in [0, 0.1) is 5.82 Å². The highest BCUT2D eigenvalue weighted by Gasteiger charge is 2.24. The van der Waals surface area contributed by atoms with E-state index in [1.165, 1.54) is 12.3 Å². The van der Waals surface area contributed by atoms with Gasteiger partial charge in [0.1, 0.15) is 0 Å². The van der Waals surface area contributed by atoms with Crippen LogP contribution in [0.4, 0.5) is 4.39 Å². The van der Waals surface area contributed by atoms with Crippen molar-refractivity contribution >= 4 is 16.9 Å². The fraction of sp³-hybridized carbons (Fsp3) is 0.400. The summed E-state index contributed by atoms with van der Waals surface area (Å²) < 4.78 is 18.7. The maximum atomic E-state index is 13.6. The van der Waals surface area contributed by atoms with Gasteiger partial charge in [-0.3, -0.25) is 4.79 Å². The Morgan fingerprint density at radius 3 is 2.80 bits per heavy atom. The molecule has 0 aliphatic carbocycles.